The van der Waals surface area contributed by atoms with Gasteiger partial charge in [0.05, 0.1) is 9.75 Å². The fourth-order valence-corrected chi connectivity index (χ4v) is 4.22. The highest BCUT2D eigenvalue weighted by atomic mass is 32.1. The lowest BCUT2D eigenvalue weighted by atomic mass is 10.1. The molecular formula is C11H8F2S2. The van der Waals surface area contributed by atoms with Crippen LogP contribution >= 0.6 is 22.7 Å². The molecule has 1 aliphatic rings. The minimum absolute atomic E-state index is 0.200. The quantitative estimate of drug-likeness (QED) is 0.636. The average Bonchev–Trinajstić information content (AvgIpc) is 2.72. The molecule has 2 heterocycles. The molecule has 0 atom stereocenters. The van der Waals surface area contributed by atoms with Crippen LogP contribution in [0, 0.1) is 13.8 Å². The molecule has 0 aromatic carbocycles. The summed E-state index contributed by atoms with van der Waals surface area (Å²) >= 11 is 2.93. The largest absolute Gasteiger partial charge is 0.301 e. The Bertz CT molecular complexity index is 501. The molecule has 0 unspecified atom stereocenters. The smallest absolute Gasteiger partial charge is 0.196 e. The Morgan fingerprint density at radius 2 is 1.33 bits per heavy atom. The van der Waals surface area contributed by atoms with Crippen molar-refractivity contribution in [3.63, 3.8) is 0 Å². The van der Waals surface area contributed by atoms with Gasteiger partial charge in [-0.1, -0.05) is 0 Å². The molecule has 1 aliphatic carbocycles. The first-order chi connectivity index (χ1) is 7.00. The molecule has 2 aromatic rings. The Balaban J connectivity index is 2.38. The third-order valence-corrected chi connectivity index (χ3v) is 4.86. The Kier molecular flexibility index (Phi) is 1.70. The van der Waals surface area contributed by atoms with Crippen molar-refractivity contribution in [2.24, 2.45) is 0 Å². The zero-order chi connectivity index (χ0) is 10.8. The summed E-state index contributed by atoms with van der Waals surface area (Å²) in [7, 11) is 0. The van der Waals surface area contributed by atoms with E-state index < -0.39 is 5.92 Å². The van der Waals surface area contributed by atoms with Crippen LogP contribution in [0.4, 0.5) is 8.78 Å². The maximum atomic E-state index is 14.0. The summed E-state index contributed by atoms with van der Waals surface area (Å²) in [5.41, 5.74) is 0.400. The molecule has 4 heteroatoms. The van der Waals surface area contributed by atoms with Crippen LogP contribution in [0.2, 0.25) is 0 Å². The van der Waals surface area contributed by atoms with Gasteiger partial charge in [0.1, 0.15) is 0 Å². The van der Waals surface area contributed by atoms with E-state index in [1.165, 1.54) is 22.7 Å². The normalized spacial score (nSPS) is 16.5. The average molecular weight is 242 g/mol. The van der Waals surface area contributed by atoms with Gasteiger partial charge in [-0.15, -0.1) is 22.7 Å². The van der Waals surface area contributed by atoms with Crippen molar-refractivity contribution in [2.75, 3.05) is 0 Å². The van der Waals surface area contributed by atoms with Crippen LogP contribution in [-0.2, 0) is 5.92 Å². The molecule has 15 heavy (non-hydrogen) atoms. The maximum absolute atomic E-state index is 14.0. The molecule has 0 saturated carbocycles. The highest BCUT2D eigenvalue weighted by Crippen LogP contribution is 2.56. The zero-order valence-corrected chi connectivity index (χ0v) is 9.86. The number of hydrogen-bond acceptors (Lipinski definition) is 2. The van der Waals surface area contributed by atoms with Crippen LogP contribution < -0.4 is 0 Å². The fourth-order valence-electron chi connectivity index (χ4n) is 1.98. The molecule has 0 nitrogen and oxygen atoms in total. The predicted octanol–water partition coefficient (Wildman–Crippen LogP) is 4.55. The van der Waals surface area contributed by atoms with Gasteiger partial charge in [0.15, 0.2) is 0 Å². The summed E-state index contributed by atoms with van der Waals surface area (Å²) < 4.78 is 27.9. The number of hydrogen-bond donors (Lipinski definition) is 0. The van der Waals surface area contributed by atoms with E-state index in [-0.39, 0.29) is 11.1 Å². The predicted molar refractivity (Wildman–Crippen MR) is 60.1 cm³/mol. The lowest BCUT2D eigenvalue weighted by Crippen LogP contribution is -2.09. The summed E-state index contributed by atoms with van der Waals surface area (Å²) in [6.45, 7) is 3.75. The summed E-state index contributed by atoms with van der Waals surface area (Å²) in [5.74, 6) is -2.78. The first-order valence-corrected chi connectivity index (χ1v) is 6.23. The number of aryl methyl sites for hydroxylation is 2. The minimum Gasteiger partial charge on any atom is -0.196 e. The van der Waals surface area contributed by atoms with Gasteiger partial charge in [-0.05, 0) is 26.0 Å². The lowest BCUT2D eigenvalue weighted by molar-refractivity contribution is 0.0484. The third-order valence-electron chi connectivity index (χ3n) is 2.59. The van der Waals surface area contributed by atoms with Crippen molar-refractivity contribution in [1.29, 1.82) is 0 Å². The van der Waals surface area contributed by atoms with Gasteiger partial charge in [-0.3, -0.25) is 0 Å². The van der Waals surface area contributed by atoms with Gasteiger partial charge >= 0.3 is 5.92 Å². The number of rotatable bonds is 0. The molecule has 0 N–H and O–H groups in total. The Hall–Kier alpha value is -0.740. The van der Waals surface area contributed by atoms with Crippen LogP contribution in [0.15, 0.2) is 12.1 Å². The molecule has 78 valence electrons. The van der Waals surface area contributed by atoms with E-state index in [1.54, 1.807) is 12.1 Å². The van der Waals surface area contributed by atoms with Crippen molar-refractivity contribution >= 4 is 22.7 Å². The Morgan fingerprint density at radius 3 is 1.73 bits per heavy atom. The standard InChI is InChI=1S/C11H8F2S2/c1-5-3-7-9(14-5)10-8(11(7,12)13)4-6(2)15-10/h3-4H,1-2H3. The van der Waals surface area contributed by atoms with Gasteiger partial charge in [0.2, 0.25) is 0 Å². The van der Waals surface area contributed by atoms with Crippen LogP contribution in [0.3, 0.4) is 0 Å². The molecular weight excluding hydrogens is 234 g/mol. The fraction of sp³-hybridized carbons (Fsp3) is 0.273. The second-order valence-corrected chi connectivity index (χ2v) is 6.29. The van der Waals surface area contributed by atoms with Crippen LogP contribution in [0.5, 0.6) is 0 Å². The number of thiophene rings is 2. The van der Waals surface area contributed by atoms with E-state index in [2.05, 4.69) is 0 Å². The SMILES string of the molecule is Cc1cc2c(s1)-c1sc(C)cc1C2(F)F. The second-order valence-electron chi connectivity index (χ2n) is 3.77. The molecule has 2 aromatic heterocycles. The first-order valence-electron chi connectivity index (χ1n) is 4.60. The van der Waals surface area contributed by atoms with Crippen molar-refractivity contribution < 1.29 is 8.78 Å². The van der Waals surface area contributed by atoms with E-state index in [0.29, 0.717) is 0 Å². The van der Waals surface area contributed by atoms with Gasteiger partial charge in [-0.25, -0.2) is 0 Å². The topological polar surface area (TPSA) is 0 Å². The van der Waals surface area contributed by atoms with E-state index in [0.717, 1.165) is 19.5 Å². The Morgan fingerprint density at radius 1 is 0.933 bits per heavy atom. The van der Waals surface area contributed by atoms with Crippen LogP contribution in [-0.4, -0.2) is 0 Å². The van der Waals surface area contributed by atoms with E-state index in [9.17, 15) is 8.78 Å². The molecule has 0 amide bonds. The molecule has 0 fully saturated rings. The molecule has 0 spiro atoms. The summed E-state index contributed by atoms with van der Waals surface area (Å²) in [6, 6.07) is 3.23. The Labute approximate surface area is 94.2 Å². The number of halogens is 2. The summed E-state index contributed by atoms with van der Waals surface area (Å²) in [4.78, 5) is 3.45. The second kappa shape index (κ2) is 2.68. The highest BCUT2D eigenvalue weighted by molar-refractivity contribution is 7.22. The minimum atomic E-state index is -2.78. The monoisotopic (exact) mass is 242 g/mol. The molecule has 0 aliphatic heterocycles. The number of alkyl halides is 2. The lowest BCUT2D eigenvalue weighted by Gasteiger charge is -2.08. The van der Waals surface area contributed by atoms with E-state index >= 15 is 0 Å². The van der Waals surface area contributed by atoms with Crippen molar-refractivity contribution in [2.45, 2.75) is 19.8 Å². The number of fused-ring (bicyclic) bond motifs is 3. The van der Waals surface area contributed by atoms with E-state index in [1.807, 2.05) is 13.8 Å². The van der Waals surface area contributed by atoms with Crippen molar-refractivity contribution in [3.05, 3.63) is 33.0 Å². The van der Waals surface area contributed by atoms with Crippen LogP contribution in [0.25, 0.3) is 9.75 Å². The van der Waals surface area contributed by atoms with Gasteiger partial charge in [-0.2, -0.15) is 8.78 Å². The highest BCUT2D eigenvalue weighted by Gasteiger charge is 2.46. The zero-order valence-electron chi connectivity index (χ0n) is 8.23. The molecule has 3 rings (SSSR count). The molecule has 0 saturated heterocycles. The van der Waals surface area contributed by atoms with Crippen molar-refractivity contribution in [1.82, 2.24) is 0 Å². The van der Waals surface area contributed by atoms with Gasteiger partial charge < -0.3 is 0 Å². The van der Waals surface area contributed by atoms with Crippen LogP contribution in [0.1, 0.15) is 20.9 Å². The summed E-state index contributed by atoms with van der Waals surface area (Å²) in [6.07, 6.45) is 0. The maximum Gasteiger partial charge on any atom is 0.301 e. The first kappa shape index (κ1) is 9.48. The molecule has 0 bridgehead atoms. The van der Waals surface area contributed by atoms with Gasteiger partial charge in [0, 0.05) is 20.9 Å². The molecule has 0 radical (unpaired) electrons. The van der Waals surface area contributed by atoms with Crippen molar-refractivity contribution in [3.8, 4) is 9.75 Å². The van der Waals surface area contributed by atoms with Gasteiger partial charge in [0.25, 0.3) is 0 Å². The third kappa shape index (κ3) is 1.09. The summed E-state index contributed by atoms with van der Waals surface area (Å²) in [5, 5.41) is 0. The van der Waals surface area contributed by atoms with E-state index in [4.69, 9.17) is 0 Å².